The highest BCUT2D eigenvalue weighted by atomic mass is 35.5. The van der Waals surface area contributed by atoms with Crippen LogP contribution in [0.15, 0.2) is 82.8 Å². The van der Waals surface area contributed by atoms with E-state index in [1.807, 2.05) is 60.7 Å². The molecule has 4 N–H and O–H groups in total. The summed E-state index contributed by atoms with van der Waals surface area (Å²) in [5, 5.41) is 12.4. The molecule has 2 aliphatic heterocycles. The van der Waals surface area contributed by atoms with Crippen LogP contribution in [0.1, 0.15) is 31.8 Å². The predicted molar refractivity (Wildman–Crippen MR) is 149 cm³/mol. The Labute approximate surface area is 221 Å². The van der Waals surface area contributed by atoms with Crippen LogP contribution in [0, 0.1) is 0 Å². The second-order valence-corrected chi connectivity index (χ2v) is 7.87. The van der Waals surface area contributed by atoms with Crippen molar-refractivity contribution in [3.8, 4) is 0 Å². The summed E-state index contributed by atoms with van der Waals surface area (Å²) in [5.74, 6) is 0.595. The van der Waals surface area contributed by atoms with Gasteiger partial charge in [-0.25, -0.2) is 0 Å². The van der Waals surface area contributed by atoms with E-state index < -0.39 is 0 Å². The molecule has 3 aromatic carbocycles. The number of aliphatic imine (C=N–C) groups is 2. The van der Waals surface area contributed by atoms with Crippen molar-refractivity contribution >= 4 is 59.7 Å². The molecule has 0 unspecified atom stereocenters. The Balaban J connectivity index is 0.00000180. The molecule has 2 amide bonds. The first-order chi connectivity index (χ1) is 16.7. The smallest absolute Gasteiger partial charge is 0.256 e. The van der Waals surface area contributed by atoms with Crippen LogP contribution >= 0.6 is 24.8 Å². The average Bonchev–Trinajstić information content (AvgIpc) is 3.59. The summed E-state index contributed by atoms with van der Waals surface area (Å²) in [4.78, 5) is 35.9. The molecule has 2 heterocycles. The molecule has 0 fully saturated rings. The summed E-state index contributed by atoms with van der Waals surface area (Å²) in [7, 11) is 0. The highest BCUT2D eigenvalue weighted by Gasteiger charge is 2.29. The number of nitrogens with zero attached hydrogens (tertiary/aromatic N) is 2. The van der Waals surface area contributed by atoms with E-state index in [2.05, 4.69) is 31.3 Å². The minimum absolute atomic E-state index is 0. The number of carbonyl (C=O) groups is 2. The van der Waals surface area contributed by atoms with Gasteiger partial charge in [0.1, 0.15) is 11.7 Å². The molecule has 186 valence electrons. The lowest BCUT2D eigenvalue weighted by atomic mass is 9.92. The van der Waals surface area contributed by atoms with Crippen molar-refractivity contribution in [3.05, 3.63) is 95.1 Å². The van der Waals surface area contributed by atoms with E-state index in [0.717, 1.165) is 0 Å². The number of hydrogen-bond donors (Lipinski definition) is 4. The van der Waals surface area contributed by atoms with Crippen LogP contribution in [-0.2, 0) is 0 Å². The zero-order valence-electron chi connectivity index (χ0n) is 19.3. The summed E-state index contributed by atoms with van der Waals surface area (Å²) >= 11 is 0. The first-order valence-corrected chi connectivity index (χ1v) is 11.2. The maximum Gasteiger partial charge on any atom is 0.256 e. The quantitative estimate of drug-likeness (QED) is 0.394. The fourth-order valence-electron chi connectivity index (χ4n) is 4.04. The summed E-state index contributed by atoms with van der Waals surface area (Å²) in [6.07, 6.45) is 0. The zero-order chi connectivity index (χ0) is 23.3. The van der Waals surface area contributed by atoms with E-state index in [1.54, 1.807) is 12.1 Å². The van der Waals surface area contributed by atoms with Crippen LogP contribution in [0.2, 0.25) is 0 Å². The molecular weight excluding hydrogens is 499 g/mol. The fourth-order valence-corrected chi connectivity index (χ4v) is 4.04. The Morgan fingerprint density at radius 1 is 0.611 bits per heavy atom. The van der Waals surface area contributed by atoms with Gasteiger partial charge in [0.2, 0.25) is 0 Å². The van der Waals surface area contributed by atoms with Crippen molar-refractivity contribution in [2.75, 3.05) is 36.8 Å². The van der Waals surface area contributed by atoms with E-state index in [9.17, 15) is 9.59 Å². The van der Waals surface area contributed by atoms with Gasteiger partial charge in [-0.2, -0.15) is 0 Å². The molecule has 0 atom stereocenters. The lowest BCUT2D eigenvalue weighted by Gasteiger charge is -2.19. The molecular formula is C26H26Cl2N6O2. The van der Waals surface area contributed by atoms with Gasteiger partial charge >= 0.3 is 0 Å². The number of anilines is 2. The minimum Gasteiger partial charge on any atom is -0.368 e. The van der Waals surface area contributed by atoms with Crippen LogP contribution in [-0.4, -0.2) is 49.7 Å². The van der Waals surface area contributed by atoms with Crippen molar-refractivity contribution in [3.63, 3.8) is 0 Å². The topological polar surface area (TPSA) is 107 Å². The Morgan fingerprint density at radius 2 is 1.00 bits per heavy atom. The van der Waals surface area contributed by atoms with Crippen molar-refractivity contribution in [1.29, 1.82) is 0 Å². The maximum absolute atomic E-state index is 13.4. The third-order valence-electron chi connectivity index (χ3n) is 5.58. The molecule has 0 saturated carbocycles. The van der Waals surface area contributed by atoms with E-state index >= 15 is 0 Å². The van der Waals surface area contributed by atoms with E-state index in [0.29, 0.717) is 71.5 Å². The van der Waals surface area contributed by atoms with Crippen molar-refractivity contribution < 1.29 is 9.59 Å². The number of nitrogens with one attached hydrogen (secondary N) is 4. The Bertz CT molecular complexity index is 1200. The maximum atomic E-state index is 13.4. The minimum atomic E-state index is -0.285. The van der Waals surface area contributed by atoms with Gasteiger partial charge in [0.25, 0.3) is 11.8 Å². The Morgan fingerprint density at radius 3 is 1.33 bits per heavy atom. The number of carbonyl (C=O) groups excluding carboxylic acids is 2. The molecule has 10 heteroatoms. The summed E-state index contributed by atoms with van der Waals surface area (Å²) in [6, 6.07) is 21.9. The van der Waals surface area contributed by atoms with Crippen molar-refractivity contribution in [1.82, 2.24) is 10.6 Å². The van der Waals surface area contributed by atoms with Gasteiger partial charge < -0.3 is 21.3 Å². The Kier molecular flexibility index (Phi) is 9.05. The van der Waals surface area contributed by atoms with Crippen LogP contribution < -0.4 is 21.3 Å². The number of benzene rings is 3. The van der Waals surface area contributed by atoms with E-state index in [4.69, 9.17) is 0 Å². The second-order valence-electron chi connectivity index (χ2n) is 7.87. The molecule has 0 aromatic heterocycles. The van der Waals surface area contributed by atoms with Gasteiger partial charge in [0, 0.05) is 35.6 Å². The van der Waals surface area contributed by atoms with Gasteiger partial charge in [-0.05, 0) is 36.4 Å². The highest BCUT2D eigenvalue weighted by Crippen LogP contribution is 2.25. The SMILES string of the molecule is Cl.Cl.O=C(Nc1ccccc1)c1ccc(C(=O)Nc2ccccc2)c(C2=NCCN2)c1C1=NCCN1. The summed E-state index contributed by atoms with van der Waals surface area (Å²) < 4.78 is 0. The predicted octanol–water partition coefficient (Wildman–Crippen LogP) is 3.73. The van der Waals surface area contributed by atoms with E-state index in [1.165, 1.54) is 0 Å². The summed E-state index contributed by atoms with van der Waals surface area (Å²) in [5.41, 5.74) is 3.34. The van der Waals surface area contributed by atoms with Crippen LogP contribution in [0.4, 0.5) is 11.4 Å². The average molecular weight is 525 g/mol. The monoisotopic (exact) mass is 524 g/mol. The fraction of sp³-hybridized carbons (Fsp3) is 0.154. The molecule has 0 bridgehead atoms. The molecule has 0 saturated heterocycles. The number of para-hydroxylation sites is 2. The van der Waals surface area contributed by atoms with Gasteiger partial charge in [-0.1, -0.05) is 36.4 Å². The third-order valence-corrected chi connectivity index (χ3v) is 5.58. The number of rotatable bonds is 6. The van der Waals surface area contributed by atoms with Crippen molar-refractivity contribution in [2.45, 2.75) is 0 Å². The third kappa shape index (κ3) is 5.67. The first kappa shape index (κ1) is 26.7. The standard InChI is InChI=1S/C26H24N6O2.2ClH/c33-25(31-17-7-3-1-4-8-17)19-11-12-20(26(34)32-18-9-5-2-6-10-18)22(24-29-15-16-30-24)21(19)23-27-13-14-28-23;;/h1-12H,13-16H2,(H,27,28)(H,29,30)(H,31,33)(H,32,34);2*1H. The number of amides is 2. The van der Waals surface area contributed by atoms with Gasteiger partial charge in [-0.15, -0.1) is 24.8 Å². The Hall–Kier alpha value is -3.88. The van der Waals surface area contributed by atoms with Gasteiger partial charge in [0.15, 0.2) is 0 Å². The first-order valence-electron chi connectivity index (χ1n) is 11.2. The van der Waals surface area contributed by atoms with Gasteiger partial charge in [0.05, 0.1) is 24.2 Å². The zero-order valence-corrected chi connectivity index (χ0v) is 20.9. The highest BCUT2D eigenvalue weighted by molar-refractivity contribution is 6.23. The van der Waals surface area contributed by atoms with Crippen LogP contribution in [0.5, 0.6) is 0 Å². The lowest BCUT2D eigenvalue weighted by molar-refractivity contribution is 0.101. The molecule has 0 spiro atoms. The van der Waals surface area contributed by atoms with Gasteiger partial charge in [-0.3, -0.25) is 19.6 Å². The number of halogens is 2. The molecule has 5 rings (SSSR count). The molecule has 0 radical (unpaired) electrons. The molecule has 36 heavy (non-hydrogen) atoms. The molecule has 2 aliphatic rings. The lowest BCUT2D eigenvalue weighted by Crippen LogP contribution is -2.32. The summed E-state index contributed by atoms with van der Waals surface area (Å²) in [6.45, 7) is 2.51. The van der Waals surface area contributed by atoms with E-state index in [-0.39, 0.29) is 36.6 Å². The molecule has 3 aromatic rings. The molecule has 0 aliphatic carbocycles. The number of amidine groups is 2. The number of hydrogen-bond acceptors (Lipinski definition) is 6. The molecule has 8 nitrogen and oxygen atoms in total. The second kappa shape index (κ2) is 12.2. The largest absolute Gasteiger partial charge is 0.368 e. The van der Waals surface area contributed by atoms with Crippen LogP contribution in [0.25, 0.3) is 0 Å². The van der Waals surface area contributed by atoms with Crippen molar-refractivity contribution in [2.24, 2.45) is 9.98 Å². The van der Waals surface area contributed by atoms with Crippen LogP contribution in [0.3, 0.4) is 0 Å². The normalized spacial score (nSPS) is 13.7.